The highest BCUT2D eigenvalue weighted by Gasteiger charge is 2.13. The van der Waals surface area contributed by atoms with E-state index in [0.29, 0.717) is 0 Å². The first-order valence-electron chi connectivity index (χ1n) is 8.11. The highest BCUT2D eigenvalue weighted by Crippen LogP contribution is 2.26. The van der Waals surface area contributed by atoms with Gasteiger partial charge in [-0.3, -0.25) is 4.98 Å². The number of hydrogen-bond acceptors (Lipinski definition) is 4. The molecule has 4 heteroatoms. The predicted octanol–water partition coefficient (Wildman–Crippen LogP) is 4.58. The first-order chi connectivity index (χ1) is 11.3. The van der Waals surface area contributed by atoms with E-state index in [2.05, 4.69) is 46.8 Å². The summed E-state index contributed by atoms with van der Waals surface area (Å²) in [5.41, 5.74) is 4.20. The normalized spacial score (nSPS) is 15.1. The number of thiol groups is 1. The molecule has 1 saturated heterocycles. The molecule has 2 heterocycles. The standard InChI is InChI=1S/C19H19N3S/c23-16-6-4-5-14(11-16)15-7-8-17-18(12-15)21-19(13-20-17)22-9-2-1-3-10-22/h4-8,11-13,23H,1-3,9-10H2. The molecular formula is C19H19N3S. The molecule has 3 aromatic rings. The number of hydrogen-bond donors (Lipinski definition) is 1. The SMILES string of the molecule is Sc1cccc(-c2ccc3ncc(N4CCCCC4)nc3c2)c1. The van der Waals surface area contributed by atoms with E-state index >= 15 is 0 Å². The summed E-state index contributed by atoms with van der Waals surface area (Å²) in [5, 5.41) is 0. The minimum atomic E-state index is 0.941. The van der Waals surface area contributed by atoms with Crippen LogP contribution in [-0.4, -0.2) is 23.1 Å². The molecule has 4 rings (SSSR count). The minimum Gasteiger partial charge on any atom is -0.355 e. The number of fused-ring (bicyclic) bond motifs is 1. The molecule has 0 unspecified atom stereocenters. The Morgan fingerprint density at radius 1 is 0.870 bits per heavy atom. The molecule has 0 saturated carbocycles. The monoisotopic (exact) mass is 321 g/mol. The second kappa shape index (κ2) is 6.20. The molecule has 1 aromatic heterocycles. The summed E-state index contributed by atoms with van der Waals surface area (Å²) in [6, 6.07) is 14.5. The van der Waals surface area contributed by atoms with Gasteiger partial charge in [0, 0.05) is 18.0 Å². The van der Waals surface area contributed by atoms with Gasteiger partial charge in [-0.05, 0) is 54.7 Å². The lowest BCUT2D eigenvalue weighted by Crippen LogP contribution is -2.30. The summed E-state index contributed by atoms with van der Waals surface area (Å²) in [5.74, 6) is 0.997. The van der Waals surface area contributed by atoms with E-state index in [9.17, 15) is 0 Å². The number of anilines is 1. The van der Waals surface area contributed by atoms with Crippen molar-refractivity contribution in [3.05, 3.63) is 48.7 Å². The van der Waals surface area contributed by atoms with Gasteiger partial charge in [-0.2, -0.15) is 0 Å². The van der Waals surface area contributed by atoms with Gasteiger partial charge in [0.25, 0.3) is 0 Å². The van der Waals surface area contributed by atoms with Crippen molar-refractivity contribution in [2.45, 2.75) is 24.2 Å². The maximum Gasteiger partial charge on any atom is 0.147 e. The molecule has 23 heavy (non-hydrogen) atoms. The average molecular weight is 321 g/mol. The smallest absolute Gasteiger partial charge is 0.147 e. The van der Waals surface area contributed by atoms with Gasteiger partial charge < -0.3 is 4.90 Å². The topological polar surface area (TPSA) is 29.0 Å². The first-order valence-corrected chi connectivity index (χ1v) is 8.55. The van der Waals surface area contributed by atoms with E-state index in [1.165, 1.54) is 19.3 Å². The number of benzene rings is 2. The first kappa shape index (κ1) is 14.5. The molecule has 0 N–H and O–H groups in total. The van der Waals surface area contributed by atoms with Crippen LogP contribution in [0.4, 0.5) is 5.82 Å². The summed E-state index contributed by atoms with van der Waals surface area (Å²) < 4.78 is 0. The second-order valence-corrected chi connectivity index (χ2v) is 6.55. The van der Waals surface area contributed by atoms with Crippen LogP contribution in [0.25, 0.3) is 22.2 Å². The lowest BCUT2D eigenvalue weighted by atomic mass is 10.1. The van der Waals surface area contributed by atoms with Crippen molar-refractivity contribution in [2.24, 2.45) is 0 Å². The van der Waals surface area contributed by atoms with Gasteiger partial charge in [0.1, 0.15) is 5.82 Å². The number of rotatable bonds is 2. The number of aromatic nitrogens is 2. The third-order valence-corrected chi connectivity index (χ3v) is 4.67. The second-order valence-electron chi connectivity index (χ2n) is 6.03. The van der Waals surface area contributed by atoms with E-state index in [1.807, 2.05) is 24.4 Å². The third-order valence-electron chi connectivity index (χ3n) is 4.39. The average Bonchev–Trinajstić information content (AvgIpc) is 2.61. The van der Waals surface area contributed by atoms with Crippen LogP contribution in [0, 0.1) is 0 Å². The zero-order chi connectivity index (χ0) is 15.6. The fourth-order valence-corrected chi connectivity index (χ4v) is 3.37. The molecule has 0 aliphatic carbocycles. The van der Waals surface area contributed by atoms with Crippen LogP contribution < -0.4 is 4.90 Å². The van der Waals surface area contributed by atoms with Gasteiger partial charge in [-0.1, -0.05) is 18.2 Å². The van der Waals surface area contributed by atoms with Crippen molar-refractivity contribution < 1.29 is 0 Å². The Labute approximate surface area is 141 Å². The molecule has 1 aliphatic heterocycles. The summed E-state index contributed by atoms with van der Waals surface area (Å²) in [7, 11) is 0. The summed E-state index contributed by atoms with van der Waals surface area (Å²) in [4.78, 5) is 12.8. The molecular weight excluding hydrogens is 302 g/mol. The van der Waals surface area contributed by atoms with Gasteiger partial charge in [-0.15, -0.1) is 12.6 Å². The van der Waals surface area contributed by atoms with E-state index in [0.717, 1.165) is 46.0 Å². The van der Waals surface area contributed by atoms with Crippen LogP contribution in [0.3, 0.4) is 0 Å². The number of nitrogens with zero attached hydrogens (tertiary/aromatic N) is 3. The Morgan fingerprint density at radius 3 is 2.52 bits per heavy atom. The van der Waals surface area contributed by atoms with E-state index in [-0.39, 0.29) is 0 Å². The summed E-state index contributed by atoms with van der Waals surface area (Å²) in [6.07, 6.45) is 5.71. The van der Waals surface area contributed by atoms with E-state index in [1.54, 1.807) is 0 Å². The highest BCUT2D eigenvalue weighted by molar-refractivity contribution is 7.80. The van der Waals surface area contributed by atoms with Gasteiger partial charge in [0.05, 0.1) is 17.2 Å². The maximum absolute atomic E-state index is 4.85. The fraction of sp³-hybridized carbons (Fsp3) is 0.263. The van der Waals surface area contributed by atoms with Crippen LogP contribution in [0.2, 0.25) is 0 Å². The quantitative estimate of drug-likeness (QED) is 0.701. The Hall–Kier alpha value is -2.07. The summed E-state index contributed by atoms with van der Waals surface area (Å²) >= 11 is 4.43. The minimum absolute atomic E-state index is 0.941. The van der Waals surface area contributed by atoms with Crippen LogP contribution >= 0.6 is 12.6 Å². The highest BCUT2D eigenvalue weighted by atomic mass is 32.1. The van der Waals surface area contributed by atoms with Crippen molar-refractivity contribution in [3.8, 4) is 11.1 Å². The van der Waals surface area contributed by atoms with Crippen molar-refractivity contribution in [1.29, 1.82) is 0 Å². The van der Waals surface area contributed by atoms with Crippen molar-refractivity contribution in [3.63, 3.8) is 0 Å². The molecule has 0 bridgehead atoms. The van der Waals surface area contributed by atoms with E-state index in [4.69, 9.17) is 4.98 Å². The molecule has 1 aliphatic rings. The van der Waals surface area contributed by atoms with Crippen molar-refractivity contribution in [2.75, 3.05) is 18.0 Å². The lowest BCUT2D eigenvalue weighted by molar-refractivity contribution is 0.573. The molecule has 1 fully saturated rings. The van der Waals surface area contributed by atoms with Crippen LogP contribution in [0.1, 0.15) is 19.3 Å². The van der Waals surface area contributed by atoms with Gasteiger partial charge in [0.15, 0.2) is 0 Å². The number of piperidine rings is 1. The maximum atomic E-state index is 4.85. The Morgan fingerprint density at radius 2 is 1.70 bits per heavy atom. The zero-order valence-corrected chi connectivity index (χ0v) is 13.8. The molecule has 116 valence electrons. The molecule has 0 spiro atoms. The lowest BCUT2D eigenvalue weighted by Gasteiger charge is -2.27. The third kappa shape index (κ3) is 3.04. The van der Waals surface area contributed by atoms with Crippen LogP contribution in [0.5, 0.6) is 0 Å². The summed E-state index contributed by atoms with van der Waals surface area (Å²) in [6.45, 7) is 2.17. The predicted molar refractivity (Wildman–Crippen MR) is 98.3 cm³/mol. The van der Waals surface area contributed by atoms with Crippen molar-refractivity contribution >= 4 is 29.5 Å². The molecule has 2 aromatic carbocycles. The van der Waals surface area contributed by atoms with Gasteiger partial charge in [-0.25, -0.2) is 4.98 Å². The fourth-order valence-electron chi connectivity index (χ4n) is 3.14. The van der Waals surface area contributed by atoms with Gasteiger partial charge >= 0.3 is 0 Å². The molecule has 0 atom stereocenters. The van der Waals surface area contributed by atoms with Crippen LogP contribution in [0.15, 0.2) is 53.6 Å². The molecule has 3 nitrogen and oxygen atoms in total. The van der Waals surface area contributed by atoms with Crippen LogP contribution in [-0.2, 0) is 0 Å². The Kier molecular flexibility index (Phi) is 3.92. The van der Waals surface area contributed by atoms with Gasteiger partial charge in [0.2, 0.25) is 0 Å². The Balaban J connectivity index is 1.74. The largest absolute Gasteiger partial charge is 0.355 e. The van der Waals surface area contributed by atoms with Crippen molar-refractivity contribution in [1.82, 2.24) is 9.97 Å². The zero-order valence-electron chi connectivity index (χ0n) is 12.9. The molecule has 0 amide bonds. The Bertz CT molecular complexity index is 841. The molecule has 0 radical (unpaired) electrons. The van der Waals surface area contributed by atoms with E-state index < -0.39 is 0 Å².